The molecule has 3 nitrogen and oxygen atoms in total. The van der Waals surface area contributed by atoms with Gasteiger partial charge < -0.3 is 15.6 Å². The Morgan fingerprint density at radius 2 is 1.80 bits per heavy atom. The summed E-state index contributed by atoms with van der Waals surface area (Å²) in [5.41, 5.74) is 11.5. The highest BCUT2D eigenvalue weighted by Crippen LogP contribution is 2.61. The summed E-state index contributed by atoms with van der Waals surface area (Å²) < 4.78 is 6.10. The third-order valence-electron chi connectivity index (χ3n) is 7.59. The second kappa shape index (κ2) is 8.27. The third kappa shape index (κ3) is 4.31. The van der Waals surface area contributed by atoms with Crippen molar-refractivity contribution in [3.05, 3.63) is 69.7 Å². The van der Waals surface area contributed by atoms with Crippen molar-refractivity contribution < 1.29 is 9.84 Å². The molecule has 4 atom stereocenters. The number of aliphatic hydroxyl groups excluding tert-OH is 1. The summed E-state index contributed by atoms with van der Waals surface area (Å²) in [6.45, 7) is 0.433. The van der Waals surface area contributed by atoms with E-state index in [1.165, 1.54) is 43.2 Å². The largest absolute Gasteiger partial charge is 0.393 e. The van der Waals surface area contributed by atoms with E-state index in [1.54, 1.807) is 0 Å². The number of hydrogen-bond acceptors (Lipinski definition) is 3. The molecule has 3 fully saturated rings. The summed E-state index contributed by atoms with van der Waals surface area (Å²) in [5.74, 6) is 0.749. The van der Waals surface area contributed by atoms with Gasteiger partial charge in [-0.15, -0.1) is 0 Å². The van der Waals surface area contributed by atoms with E-state index in [0.717, 1.165) is 33.9 Å². The van der Waals surface area contributed by atoms with Crippen LogP contribution >= 0.6 is 11.6 Å². The first kappa shape index (κ1) is 20.5. The number of benzene rings is 2. The van der Waals surface area contributed by atoms with Crippen LogP contribution in [0.3, 0.4) is 0 Å². The number of halogens is 1. The lowest BCUT2D eigenvalue weighted by Crippen LogP contribution is -2.36. The lowest BCUT2D eigenvalue weighted by Gasteiger charge is -2.33. The smallest absolute Gasteiger partial charge is 0.0854 e. The number of nitrogens with two attached hydrogens (primary N) is 1. The van der Waals surface area contributed by atoms with Gasteiger partial charge in [0.05, 0.1) is 18.3 Å². The van der Waals surface area contributed by atoms with Crippen LogP contribution in [0.2, 0.25) is 5.02 Å². The van der Waals surface area contributed by atoms with E-state index in [9.17, 15) is 5.11 Å². The molecule has 5 rings (SSSR count). The Hall–Kier alpha value is -1.39. The zero-order valence-electron chi connectivity index (χ0n) is 17.5. The van der Waals surface area contributed by atoms with E-state index < -0.39 is 0 Å². The maximum atomic E-state index is 10.2. The Balaban J connectivity index is 1.29. The Bertz CT molecular complexity index is 892. The molecule has 1 saturated heterocycles. The van der Waals surface area contributed by atoms with Crippen molar-refractivity contribution in [2.24, 2.45) is 11.1 Å². The molecule has 30 heavy (non-hydrogen) atoms. The summed E-state index contributed by atoms with van der Waals surface area (Å²) in [6.07, 6.45) is 8.50. The first-order valence-corrected chi connectivity index (χ1v) is 11.8. The summed E-state index contributed by atoms with van der Waals surface area (Å²) in [7, 11) is 0. The van der Waals surface area contributed by atoms with Crippen molar-refractivity contribution in [3.8, 4) is 0 Å². The number of hydrogen-bond donors (Lipinski definition) is 2. The van der Waals surface area contributed by atoms with Gasteiger partial charge in [0.1, 0.15) is 0 Å². The van der Waals surface area contributed by atoms with Crippen LogP contribution in [0.25, 0.3) is 0 Å². The van der Waals surface area contributed by atoms with Crippen LogP contribution in [-0.4, -0.2) is 23.9 Å². The van der Waals surface area contributed by atoms with Crippen LogP contribution in [0, 0.1) is 5.41 Å². The standard InChI is InChI=1S/C26H32ClNO2/c27-24-6-5-19(25-14-22(29)13-23(16-28)30-25)12-21(24)11-17-1-3-18(4-2-17)20-7-8-26(15-20)9-10-26/h1-6,12,20,22-23,25,29H,7-11,13-16,28H2. The van der Waals surface area contributed by atoms with Crippen LogP contribution < -0.4 is 5.73 Å². The number of ether oxygens (including phenoxy) is 1. The molecule has 3 aliphatic rings. The van der Waals surface area contributed by atoms with Crippen molar-refractivity contribution in [2.45, 2.75) is 75.6 Å². The first-order valence-electron chi connectivity index (χ1n) is 11.4. The van der Waals surface area contributed by atoms with Gasteiger partial charge in [0.25, 0.3) is 0 Å². The lowest BCUT2D eigenvalue weighted by molar-refractivity contribution is -0.0931. The molecule has 0 bridgehead atoms. The molecule has 160 valence electrons. The average molecular weight is 426 g/mol. The molecule has 2 aromatic carbocycles. The Kier molecular flexibility index (Phi) is 5.66. The normalized spacial score (nSPS) is 30.0. The summed E-state index contributed by atoms with van der Waals surface area (Å²) in [4.78, 5) is 0. The SMILES string of the molecule is NCC1CC(O)CC(c2ccc(Cl)c(Cc3ccc(C4CCC5(CC5)C4)cc3)c2)O1. The molecule has 2 saturated carbocycles. The van der Waals surface area contributed by atoms with Crippen LogP contribution in [0.4, 0.5) is 0 Å². The van der Waals surface area contributed by atoms with Gasteiger partial charge in [-0.25, -0.2) is 0 Å². The molecule has 0 amide bonds. The molecule has 1 spiro atoms. The Labute approximate surface area is 184 Å². The molecule has 0 radical (unpaired) electrons. The van der Waals surface area contributed by atoms with Crippen molar-refractivity contribution in [3.63, 3.8) is 0 Å². The van der Waals surface area contributed by atoms with Gasteiger partial charge in [0, 0.05) is 24.4 Å². The molecule has 1 aliphatic heterocycles. The van der Waals surface area contributed by atoms with Gasteiger partial charge in [0.15, 0.2) is 0 Å². The average Bonchev–Trinajstić information content (AvgIpc) is 3.38. The fourth-order valence-electron chi connectivity index (χ4n) is 5.54. The van der Waals surface area contributed by atoms with E-state index in [1.807, 2.05) is 12.1 Å². The third-order valence-corrected chi connectivity index (χ3v) is 7.96. The second-order valence-corrected chi connectivity index (χ2v) is 10.2. The van der Waals surface area contributed by atoms with Crippen LogP contribution in [0.5, 0.6) is 0 Å². The predicted octanol–water partition coefficient (Wildman–Crippen LogP) is 5.52. The maximum absolute atomic E-state index is 10.2. The maximum Gasteiger partial charge on any atom is 0.0854 e. The fourth-order valence-corrected chi connectivity index (χ4v) is 5.72. The van der Waals surface area contributed by atoms with Gasteiger partial charge in [-0.05, 0) is 78.2 Å². The van der Waals surface area contributed by atoms with Crippen molar-refractivity contribution in [2.75, 3.05) is 6.54 Å². The lowest BCUT2D eigenvalue weighted by atomic mass is 9.92. The minimum atomic E-state index is -0.366. The van der Waals surface area contributed by atoms with Gasteiger partial charge in [-0.2, -0.15) is 0 Å². The van der Waals surface area contributed by atoms with E-state index in [0.29, 0.717) is 19.4 Å². The van der Waals surface area contributed by atoms with Crippen molar-refractivity contribution >= 4 is 11.6 Å². The van der Waals surface area contributed by atoms with E-state index in [4.69, 9.17) is 22.1 Å². The Morgan fingerprint density at radius 1 is 1.03 bits per heavy atom. The number of rotatable bonds is 5. The van der Waals surface area contributed by atoms with E-state index in [-0.39, 0.29) is 18.3 Å². The van der Waals surface area contributed by atoms with Gasteiger partial charge in [0.2, 0.25) is 0 Å². The van der Waals surface area contributed by atoms with Gasteiger partial charge in [-0.1, -0.05) is 48.0 Å². The van der Waals surface area contributed by atoms with Crippen LogP contribution in [0.15, 0.2) is 42.5 Å². The van der Waals surface area contributed by atoms with Crippen molar-refractivity contribution in [1.82, 2.24) is 0 Å². The molecule has 4 heteroatoms. The minimum Gasteiger partial charge on any atom is -0.393 e. The second-order valence-electron chi connectivity index (χ2n) is 9.82. The van der Waals surface area contributed by atoms with E-state index >= 15 is 0 Å². The zero-order chi connectivity index (χ0) is 20.7. The first-order chi connectivity index (χ1) is 14.5. The highest BCUT2D eigenvalue weighted by Gasteiger charge is 2.48. The monoisotopic (exact) mass is 425 g/mol. The summed E-state index contributed by atoms with van der Waals surface area (Å²) >= 11 is 6.53. The molecule has 0 aromatic heterocycles. The fraction of sp³-hybridized carbons (Fsp3) is 0.538. The zero-order valence-corrected chi connectivity index (χ0v) is 18.3. The molecule has 2 aromatic rings. The highest BCUT2D eigenvalue weighted by molar-refractivity contribution is 6.31. The van der Waals surface area contributed by atoms with Crippen LogP contribution in [-0.2, 0) is 11.2 Å². The Morgan fingerprint density at radius 3 is 2.50 bits per heavy atom. The molecule has 4 unspecified atom stereocenters. The number of aliphatic hydroxyl groups is 1. The van der Waals surface area contributed by atoms with Crippen molar-refractivity contribution in [1.29, 1.82) is 0 Å². The molecule has 2 aliphatic carbocycles. The molecular weight excluding hydrogens is 394 g/mol. The molecule has 3 N–H and O–H groups in total. The molecule has 1 heterocycles. The highest BCUT2D eigenvalue weighted by atomic mass is 35.5. The molecular formula is C26H32ClNO2. The summed E-state index contributed by atoms with van der Waals surface area (Å²) in [5, 5.41) is 11.0. The minimum absolute atomic E-state index is 0.0872. The summed E-state index contributed by atoms with van der Waals surface area (Å²) in [6, 6.07) is 15.3. The topological polar surface area (TPSA) is 55.5 Å². The quantitative estimate of drug-likeness (QED) is 0.663. The van der Waals surface area contributed by atoms with Crippen LogP contribution in [0.1, 0.15) is 79.2 Å². The van der Waals surface area contributed by atoms with Gasteiger partial charge >= 0.3 is 0 Å². The van der Waals surface area contributed by atoms with E-state index in [2.05, 4.69) is 30.3 Å². The van der Waals surface area contributed by atoms with Gasteiger partial charge in [-0.3, -0.25) is 0 Å². The predicted molar refractivity (Wildman–Crippen MR) is 121 cm³/mol.